The average Bonchev–Trinajstić information content (AvgIpc) is 3.29. The number of anilines is 1. The lowest BCUT2D eigenvalue weighted by Gasteiger charge is -2.53. The molecule has 0 aromatic heterocycles. The van der Waals surface area contributed by atoms with Crippen molar-refractivity contribution in [2.75, 3.05) is 11.4 Å². The van der Waals surface area contributed by atoms with Crippen LogP contribution in [0, 0.1) is 22.0 Å². The van der Waals surface area contributed by atoms with E-state index in [4.69, 9.17) is 0 Å². The summed E-state index contributed by atoms with van der Waals surface area (Å²) in [5.74, 6) is 0.430. The molecule has 2 aromatic rings. The SMILES string of the molecule is O=C(O)c1cc2c3c(c1)[C@@H]1CCCC[C@@H]1CN3[C@H](c1cccc([N+](=O)[O-])c1)[C@H]1CC=C[C@@H]21. The number of rotatable bonds is 3. The zero-order chi connectivity index (χ0) is 22.0. The van der Waals surface area contributed by atoms with Crippen molar-refractivity contribution in [3.63, 3.8) is 0 Å². The number of nitrogens with zero attached hydrogens (tertiary/aromatic N) is 2. The Morgan fingerprint density at radius 3 is 2.75 bits per heavy atom. The number of hydrogen-bond acceptors (Lipinski definition) is 4. The third-order valence-electron chi connectivity index (χ3n) is 8.18. The predicted octanol–water partition coefficient (Wildman–Crippen LogP) is 5.80. The van der Waals surface area contributed by atoms with Crippen molar-refractivity contribution in [2.24, 2.45) is 11.8 Å². The van der Waals surface area contributed by atoms with Crippen LogP contribution in [-0.4, -0.2) is 22.5 Å². The minimum absolute atomic E-state index is 0.0553. The average molecular weight is 431 g/mol. The maximum atomic E-state index is 12.0. The van der Waals surface area contributed by atoms with Crippen LogP contribution in [0.2, 0.25) is 0 Å². The molecule has 2 aliphatic carbocycles. The molecule has 4 aliphatic rings. The lowest BCUT2D eigenvalue weighted by atomic mass is 9.66. The van der Waals surface area contributed by atoms with Crippen molar-refractivity contribution >= 4 is 17.3 Å². The van der Waals surface area contributed by atoms with E-state index in [0.29, 0.717) is 17.4 Å². The highest BCUT2D eigenvalue weighted by Gasteiger charge is 2.48. The second kappa shape index (κ2) is 7.19. The van der Waals surface area contributed by atoms with Crippen molar-refractivity contribution in [2.45, 2.75) is 50.0 Å². The fraction of sp³-hybridized carbons (Fsp3) is 0.423. The number of carboxylic acids is 1. The molecule has 0 unspecified atom stereocenters. The molecular formula is C26H26N2O4. The van der Waals surface area contributed by atoms with E-state index < -0.39 is 5.97 Å². The number of non-ortho nitro benzene ring substituents is 1. The van der Waals surface area contributed by atoms with Crippen molar-refractivity contribution in [1.82, 2.24) is 0 Å². The Labute approximate surface area is 186 Å². The Morgan fingerprint density at radius 2 is 1.94 bits per heavy atom. The summed E-state index contributed by atoms with van der Waals surface area (Å²) in [7, 11) is 0. The summed E-state index contributed by atoms with van der Waals surface area (Å²) in [6.45, 7) is 0.938. The van der Waals surface area contributed by atoms with Gasteiger partial charge in [-0.1, -0.05) is 37.1 Å². The summed E-state index contributed by atoms with van der Waals surface area (Å²) in [5.41, 5.74) is 5.02. The first-order valence-electron chi connectivity index (χ1n) is 11.6. The highest BCUT2D eigenvalue weighted by atomic mass is 16.6. The highest BCUT2D eigenvalue weighted by Crippen LogP contribution is 2.59. The second-order valence-electron chi connectivity index (χ2n) is 9.76. The van der Waals surface area contributed by atoms with Crippen molar-refractivity contribution in [3.05, 3.63) is 80.9 Å². The molecule has 6 rings (SSSR count). The Balaban J connectivity index is 1.57. The van der Waals surface area contributed by atoms with E-state index in [1.54, 1.807) is 18.2 Å². The van der Waals surface area contributed by atoms with Crippen LogP contribution in [0.3, 0.4) is 0 Å². The minimum Gasteiger partial charge on any atom is -0.478 e. The quantitative estimate of drug-likeness (QED) is 0.378. The number of benzene rings is 2. The number of nitro groups is 1. The molecule has 1 N–H and O–H groups in total. The summed E-state index contributed by atoms with van der Waals surface area (Å²) in [6.07, 6.45) is 9.99. The summed E-state index contributed by atoms with van der Waals surface area (Å²) in [6, 6.07) is 11.0. The topological polar surface area (TPSA) is 83.7 Å². The molecule has 2 aliphatic heterocycles. The Bertz CT molecular complexity index is 1160. The number of fused-ring (bicyclic) bond motifs is 4. The van der Waals surface area contributed by atoms with Gasteiger partial charge in [-0.2, -0.15) is 0 Å². The fourth-order valence-electron chi connectivity index (χ4n) is 6.92. The largest absolute Gasteiger partial charge is 0.478 e. The lowest BCUT2D eigenvalue weighted by Crippen LogP contribution is -2.47. The second-order valence-corrected chi connectivity index (χ2v) is 9.76. The van der Waals surface area contributed by atoms with Crippen molar-refractivity contribution in [3.8, 4) is 0 Å². The molecule has 1 saturated carbocycles. The van der Waals surface area contributed by atoms with E-state index in [2.05, 4.69) is 17.1 Å². The van der Waals surface area contributed by atoms with Gasteiger partial charge in [0.15, 0.2) is 0 Å². The van der Waals surface area contributed by atoms with Gasteiger partial charge in [-0.25, -0.2) is 4.79 Å². The zero-order valence-corrected chi connectivity index (χ0v) is 17.8. The van der Waals surface area contributed by atoms with Crippen molar-refractivity contribution in [1.29, 1.82) is 0 Å². The Hall–Kier alpha value is -3.15. The van der Waals surface area contributed by atoms with Crippen LogP contribution in [0.5, 0.6) is 0 Å². The molecule has 6 nitrogen and oxygen atoms in total. The third kappa shape index (κ3) is 2.81. The maximum Gasteiger partial charge on any atom is 0.335 e. The highest BCUT2D eigenvalue weighted by molar-refractivity contribution is 5.90. The maximum absolute atomic E-state index is 12.0. The van der Waals surface area contributed by atoms with E-state index in [1.807, 2.05) is 18.2 Å². The fourth-order valence-corrected chi connectivity index (χ4v) is 6.92. The number of allylic oxidation sites excluding steroid dienone is 2. The molecule has 0 amide bonds. The van der Waals surface area contributed by atoms with Gasteiger partial charge in [0.05, 0.1) is 16.5 Å². The zero-order valence-electron chi connectivity index (χ0n) is 17.8. The molecule has 0 bridgehead atoms. The number of carbonyl (C=O) groups is 1. The Morgan fingerprint density at radius 1 is 1.12 bits per heavy atom. The summed E-state index contributed by atoms with van der Waals surface area (Å²) in [4.78, 5) is 25.7. The number of carboxylic acid groups (broad SMARTS) is 1. The number of aromatic carboxylic acids is 1. The number of hydrogen-bond donors (Lipinski definition) is 1. The van der Waals surface area contributed by atoms with E-state index in [-0.39, 0.29) is 28.5 Å². The minimum atomic E-state index is -0.868. The standard InChI is InChI=1S/C26H26N2O4/c29-26(30)17-12-22-19-8-2-1-5-16(19)14-27-24(15-6-3-7-18(11-15)28(31)32)21-10-4-9-20(21)23(13-17)25(22)27/h3-4,6-7,9,11-13,16,19-21,24H,1-2,5,8,10,14H2,(H,29,30)/t16-,19-,20-,21+,24-/m1/s1. The first kappa shape index (κ1) is 19.5. The van der Waals surface area contributed by atoms with Crippen LogP contribution in [0.25, 0.3) is 0 Å². The molecule has 0 spiro atoms. The first-order chi connectivity index (χ1) is 15.5. The van der Waals surface area contributed by atoms with Crippen LogP contribution < -0.4 is 4.90 Å². The molecule has 6 heteroatoms. The van der Waals surface area contributed by atoms with E-state index in [1.165, 1.54) is 24.1 Å². The molecular weight excluding hydrogens is 404 g/mol. The van der Waals surface area contributed by atoms with Crippen LogP contribution >= 0.6 is 0 Å². The van der Waals surface area contributed by atoms with Gasteiger partial charge in [-0.15, -0.1) is 0 Å². The van der Waals surface area contributed by atoms with Gasteiger partial charge in [0.2, 0.25) is 0 Å². The smallest absolute Gasteiger partial charge is 0.335 e. The van der Waals surface area contributed by atoms with Crippen LogP contribution in [-0.2, 0) is 0 Å². The van der Waals surface area contributed by atoms with E-state index in [0.717, 1.165) is 36.9 Å². The van der Waals surface area contributed by atoms with Gasteiger partial charge in [0.1, 0.15) is 0 Å². The molecule has 2 heterocycles. The van der Waals surface area contributed by atoms with Crippen LogP contribution in [0.15, 0.2) is 48.6 Å². The molecule has 0 saturated heterocycles. The van der Waals surface area contributed by atoms with Gasteiger partial charge in [-0.05, 0) is 65.8 Å². The van der Waals surface area contributed by atoms with E-state index in [9.17, 15) is 20.0 Å². The molecule has 1 fully saturated rings. The van der Waals surface area contributed by atoms with E-state index >= 15 is 0 Å². The first-order valence-corrected chi connectivity index (χ1v) is 11.6. The molecule has 32 heavy (non-hydrogen) atoms. The monoisotopic (exact) mass is 430 g/mol. The number of nitro benzene ring substituents is 1. The third-order valence-corrected chi connectivity index (χ3v) is 8.18. The van der Waals surface area contributed by atoms with Crippen LogP contribution in [0.4, 0.5) is 11.4 Å². The van der Waals surface area contributed by atoms with Gasteiger partial charge >= 0.3 is 5.97 Å². The summed E-state index contributed by atoms with van der Waals surface area (Å²) < 4.78 is 0. The molecule has 0 radical (unpaired) electrons. The molecule has 5 atom stereocenters. The van der Waals surface area contributed by atoms with Gasteiger partial charge in [0, 0.05) is 30.3 Å². The van der Waals surface area contributed by atoms with Crippen LogP contribution in [0.1, 0.15) is 77.0 Å². The van der Waals surface area contributed by atoms with Crippen molar-refractivity contribution < 1.29 is 14.8 Å². The lowest BCUT2D eigenvalue weighted by molar-refractivity contribution is -0.384. The summed E-state index contributed by atoms with van der Waals surface area (Å²) in [5, 5.41) is 21.3. The normalized spacial score (nSPS) is 29.8. The van der Waals surface area contributed by atoms with Gasteiger partial charge in [-0.3, -0.25) is 10.1 Å². The molecule has 164 valence electrons. The van der Waals surface area contributed by atoms with Gasteiger partial charge in [0.25, 0.3) is 5.69 Å². The van der Waals surface area contributed by atoms with Gasteiger partial charge < -0.3 is 10.0 Å². The Kier molecular flexibility index (Phi) is 4.39. The predicted molar refractivity (Wildman–Crippen MR) is 121 cm³/mol. The molecule has 2 aromatic carbocycles. The summed E-state index contributed by atoms with van der Waals surface area (Å²) >= 11 is 0.